The summed E-state index contributed by atoms with van der Waals surface area (Å²) < 4.78 is 5.51. The molecular formula is C14H21N3OS. The van der Waals surface area contributed by atoms with Gasteiger partial charge >= 0.3 is 0 Å². The van der Waals surface area contributed by atoms with E-state index < -0.39 is 0 Å². The third-order valence-electron chi connectivity index (χ3n) is 3.41. The number of hydrogen-bond acceptors (Lipinski definition) is 5. The van der Waals surface area contributed by atoms with Crippen LogP contribution in [0.3, 0.4) is 0 Å². The summed E-state index contributed by atoms with van der Waals surface area (Å²) in [4.78, 5) is 11.7. The number of fused-ring (bicyclic) bond motifs is 1. The molecule has 1 N–H and O–H groups in total. The van der Waals surface area contributed by atoms with Gasteiger partial charge in [0.25, 0.3) is 0 Å². The second kappa shape index (κ2) is 5.84. The van der Waals surface area contributed by atoms with E-state index in [2.05, 4.69) is 31.1 Å². The van der Waals surface area contributed by atoms with E-state index in [9.17, 15) is 0 Å². The number of thiophene rings is 1. The van der Waals surface area contributed by atoms with Crippen LogP contribution in [0.25, 0.3) is 10.2 Å². The number of methoxy groups -OCH3 is 1. The van der Waals surface area contributed by atoms with Gasteiger partial charge in [-0.1, -0.05) is 13.3 Å². The minimum Gasteiger partial charge on any atom is -0.373 e. The molecule has 0 spiro atoms. The highest BCUT2D eigenvalue weighted by Gasteiger charge is 2.18. The van der Waals surface area contributed by atoms with Gasteiger partial charge in [-0.15, -0.1) is 11.3 Å². The van der Waals surface area contributed by atoms with Crippen molar-refractivity contribution in [1.29, 1.82) is 0 Å². The quantitative estimate of drug-likeness (QED) is 0.903. The fraction of sp³-hybridized carbons (Fsp3) is 0.571. The van der Waals surface area contributed by atoms with Crippen LogP contribution in [0.1, 0.15) is 42.1 Å². The van der Waals surface area contributed by atoms with E-state index in [1.54, 1.807) is 18.4 Å². The average molecular weight is 279 g/mol. The number of hydrogen-bond donors (Lipinski definition) is 1. The summed E-state index contributed by atoms with van der Waals surface area (Å²) >= 11 is 1.72. The number of rotatable bonds is 5. The summed E-state index contributed by atoms with van der Waals surface area (Å²) in [5.74, 6) is 1.68. The Kier molecular flexibility index (Phi) is 4.37. The molecule has 0 aliphatic rings. The molecule has 2 aromatic heterocycles. The van der Waals surface area contributed by atoms with E-state index in [1.165, 1.54) is 10.4 Å². The zero-order chi connectivity index (χ0) is 14.0. The van der Waals surface area contributed by atoms with E-state index in [4.69, 9.17) is 9.72 Å². The van der Waals surface area contributed by atoms with Crippen molar-refractivity contribution in [3.05, 3.63) is 16.3 Å². The van der Waals surface area contributed by atoms with Crippen molar-refractivity contribution in [1.82, 2.24) is 9.97 Å². The van der Waals surface area contributed by atoms with E-state index in [-0.39, 0.29) is 6.10 Å². The van der Waals surface area contributed by atoms with Gasteiger partial charge in [0.1, 0.15) is 16.8 Å². The summed E-state index contributed by atoms with van der Waals surface area (Å²) in [5, 5.41) is 4.32. The van der Waals surface area contributed by atoms with Crippen molar-refractivity contribution in [2.24, 2.45) is 0 Å². The first kappa shape index (κ1) is 14.2. The molecule has 4 nitrogen and oxygen atoms in total. The Bertz CT molecular complexity index is 580. The molecule has 1 atom stereocenters. The van der Waals surface area contributed by atoms with Crippen LogP contribution in [0, 0.1) is 13.8 Å². The summed E-state index contributed by atoms with van der Waals surface area (Å²) in [5.41, 5.74) is 1.26. The summed E-state index contributed by atoms with van der Waals surface area (Å²) in [7, 11) is 3.62. The molecule has 0 aliphatic heterocycles. The maximum absolute atomic E-state index is 5.51. The molecule has 2 rings (SSSR count). The molecular weight excluding hydrogens is 258 g/mol. The monoisotopic (exact) mass is 279 g/mol. The SMILES string of the molecule is CCCC(OC)c1nc(NC)c2c(C)c(C)sc2n1. The molecule has 0 saturated heterocycles. The van der Waals surface area contributed by atoms with Crippen molar-refractivity contribution < 1.29 is 4.74 Å². The van der Waals surface area contributed by atoms with Gasteiger partial charge in [-0.2, -0.15) is 0 Å². The lowest BCUT2D eigenvalue weighted by molar-refractivity contribution is 0.0881. The molecule has 0 amide bonds. The predicted molar refractivity (Wildman–Crippen MR) is 81.1 cm³/mol. The standard InChI is InChI=1S/C14H21N3OS/c1-6-7-10(18-5)12-16-13(15-4)11-8(2)9(3)19-14(11)17-12/h10H,6-7H2,1-5H3,(H,15,16,17). The molecule has 2 heterocycles. The van der Waals surface area contributed by atoms with E-state index >= 15 is 0 Å². The molecule has 0 radical (unpaired) electrons. The molecule has 0 aromatic carbocycles. The van der Waals surface area contributed by atoms with Gasteiger partial charge in [0.05, 0.1) is 5.39 Å². The zero-order valence-electron chi connectivity index (χ0n) is 12.2. The first-order valence-electron chi connectivity index (χ1n) is 6.60. The first-order chi connectivity index (χ1) is 9.12. The second-order valence-electron chi connectivity index (χ2n) is 4.66. The lowest BCUT2D eigenvalue weighted by Gasteiger charge is -2.14. The number of nitrogens with one attached hydrogen (secondary N) is 1. The van der Waals surface area contributed by atoms with Crippen molar-refractivity contribution in [3.63, 3.8) is 0 Å². The summed E-state index contributed by atoms with van der Waals surface area (Å²) in [6.45, 7) is 6.39. The van der Waals surface area contributed by atoms with Crippen LogP contribution in [-0.4, -0.2) is 24.1 Å². The van der Waals surface area contributed by atoms with Gasteiger partial charge < -0.3 is 10.1 Å². The van der Waals surface area contributed by atoms with Gasteiger partial charge in [-0.25, -0.2) is 9.97 Å². The van der Waals surface area contributed by atoms with Gasteiger partial charge in [0.15, 0.2) is 5.82 Å². The Morgan fingerprint density at radius 1 is 1.32 bits per heavy atom. The summed E-state index contributed by atoms with van der Waals surface area (Å²) in [6, 6.07) is 0. The average Bonchev–Trinajstić information content (AvgIpc) is 2.70. The van der Waals surface area contributed by atoms with E-state index in [1.807, 2.05) is 7.05 Å². The van der Waals surface area contributed by atoms with Gasteiger partial charge in [0.2, 0.25) is 0 Å². The lowest BCUT2D eigenvalue weighted by Crippen LogP contribution is -2.08. The van der Waals surface area contributed by atoms with Crippen LogP contribution >= 0.6 is 11.3 Å². The normalized spacial score (nSPS) is 12.9. The Hall–Kier alpha value is -1.20. The van der Waals surface area contributed by atoms with Crippen molar-refractivity contribution in [2.45, 2.75) is 39.7 Å². The molecule has 19 heavy (non-hydrogen) atoms. The maximum Gasteiger partial charge on any atom is 0.161 e. The topological polar surface area (TPSA) is 47.0 Å². The molecule has 0 fully saturated rings. The highest BCUT2D eigenvalue weighted by molar-refractivity contribution is 7.18. The van der Waals surface area contributed by atoms with Crippen molar-refractivity contribution in [3.8, 4) is 0 Å². The van der Waals surface area contributed by atoms with Crippen LogP contribution in [0.2, 0.25) is 0 Å². The molecule has 104 valence electrons. The molecule has 5 heteroatoms. The van der Waals surface area contributed by atoms with Gasteiger partial charge in [0, 0.05) is 19.0 Å². The van der Waals surface area contributed by atoms with Crippen LogP contribution in [-0.2, 0) is 4.74 Å². The van der Waals surface area contributed by atoms with Crippen LogP contribution < -0.4 is 5.32 Å². The van der Waals surface area contributed by atoms with E-state index in [0.29, 0.717) is 0 Å². The summed E-state index contributed by atoms with van der Waals surface area (Å²) in [6.07, 6.45) is 1.97. The number of ether oxygens (including phenoxy) is 1. The molecule has 0 aliphatic carbocycles. The second-order valence-corrected chi connectivity index (χ2v) is 5.86. The Labute approximate surface area is 118 Å². The van der Waals surface area contributed by atoms with Crippen molar-refractivity contribution in [2.75, 3.05) is 19.5 Å². The molecule has 1 unspecified atom stereocenters. The predicted octanol–water partition coefficient (Wildman–Crippen LogP) is 3.84. The Morgan fingerprint density at radius 2 is 2.05 bits per heavy atom. The third kappa shape index (κ3) is 2.58. The molecule has 2 aromatic rings. The van der Waals surface area contributed by atoms with E-state index in [0.717, 1.165) is 34.7 Å². The largest absolute Gasteiger partial charge is 0.373 e. The number of anilines is 1. The van der Waals surface area contributed by atoms with Crippen LogP contribution in [0.5, 0.6) is 0 Å². The van der Waals surface area contributed by atoms with Gasteiger partial charge in [-0.3, -0.25) is 0 Å². The minimum absolute atomic E-state index is 0.0239. The molecule has 0 bridgehead atoms. The number of aromatic nitrogens is 2. The minimum atomic E-state index is -0.0239. The third-order valence-corrected chi connectivity index (χ3v) is 4.51. The Morgan fingerprint density at radius 3 is 2.63 bits per heavy atom. The Balaban J connectivity index is 2.59. The fourth-order valence-corrected chi connectivity index (χ4v) is 3.24. The fourth-order valence-electron chi connectivity index (χ4n) is 2.21. The highest BCUT2D eigenvalue weighted by Crippen LogP contribution is 2.34. The smallest absolute Gasteiger partial charge is 0.161 e. The highest BCUT2D eigenvalue weighted by atomic mass is 32.1. The molecule has 0 saturated carbocycles. The van der Waals surface area contributed by atoms with Crippen LogP contribution in [0.4, 0.5) is 5.82 Å². The first-order valence-corrected chi connectivity index (χ1v) is 7.42. The lowest BCUT2D eigenvalue weighted by atomic mass is 10.1. The maximum atomic E-state index is 5.51. The van der Waals surface area contributed by atoms with Crippen molar-refractivity contribution >= 4 is 27.4 Å². The van der Waals surface area contributed by atoms with Gasteiger partial charge in [-0.05, 0) is 25.8 Å². The zero-order valence-corrected chi connectivity index (χ0v) is 13.0. The number of aryl methyl sites for hydroxylation is 2. The van der Waals surface area contributed by atoms with Crippen LogP contribution in [0.15, 0.2) is 0 Å². The number of nitrogens with zero attached hydrogens (tertiary/aromatic N) is 2.